The van der Waals surface area contributed by atoms with E-state index in [4.69, 9.17) is 5.11 Å². The van der Waals surface area contributed by atoms with Crippen molar-refractivity contribution < 1.29 is 27.9 Å². The molecule has 0 aromatic rings. The number of aliphatic carboxylic acids is 1. The lowest BCUT2D eigenvalue weighted by atomic mass is 9.91. The molecule has 1 aliphatic rings. The topological polar surface area (TPSA) is 57.6 Å². The summed E-state index contributed by atoms with van der Waals surface area (Å²) in [7, 11) is 0. The average molecular weight is 225 g/mol. The third-order valence-corrected chi connectivity index (χ3v) is 2.32. The van der Waals surface area contributed by atoms with Crippen LogP contribution in [-0.4, -0.2) is 40.6 Å². The fourth-order valence-corrected chi connectivity index (χ4v) is 1.37. The highest BCUT2D eigenvalue weighted by molar-refractivity contribution is 5.85. The summed E-state index contributed by atoms with van der Waals surface area (Å²) in [5.74, 6) is -3.49. The lowest BCUT2D eigenvalue weighted by molar-refractivity contribution is -0.190. The van der Waals surface area contributed by atoms with E-state index in [2.05, 4.69) is 0 Å². The van der Waals surface area contributed by atoms with Crippen LogP contribution in [0.15, 0.2) is 0 Å². The Balaban J connectivity index is 2.71. The minimum atomic E-state index is -4.99. The minimum absolute atomic E-state index is 0.395. The van der Waals surface area contributed by atoms with Crippen molar-refractivity contribution in [3.63, 3.8) is 0 Å². The third-order valence-electron chi connectivity index (χ3n) is 2.32. The fraction of sp³-hybridized carbons (Fsp3) is 0.750. The second kappa shape index (κ2) is 4.08. The van der Waals surface area contributed by atoms with Crippen LogP contribution in [-0.2, 0) is 9.59 Å². The van der Waals surface area contributed by atoms with Crippen LogP contribution < -0.4 is 0 Å². The SMILES string of the molecule is O=C(O)CN(C(=O)C(F)(F)F)C1CCC1. The van der Waals surface area contributed by atoms with Crippen LogP contribution >= 0.6 is 0 Å². The van der Waals surface area contributed by atoms with Gasteiger partial charge in [-0.25, -0.2) is 0 Å². The van der Waals surface area contributed by atoms with Gasteiger partial charge in [0.1, 0.15) is 6.54 Å². The van der Waals surface area contributed by atoms with E-state index >= 15 is 0 Å². The first-order valence-electron chi connectivity index (χ1n) is 4.42. The Morgan fingerprint density at radius 3 is 2.13 bits per heavy atom. The maximum atomic E-state index is 12.1. The van der Waals surface area contributed by atoms with E-state index in [9.17, 15) is 22.8 Å². The summed E-state index contributed by atoms with van der Waals surface area (Å²) < 4.78 is 36.3. The van der Waals surface area contributed by atoms with Gasteiger partial charge >= 0.3 is 18.1 Å². The van der Waals surface area contributed by atoms with Crippen LogP contribution in [0.4, 0.5) is 13.2 Å². The molecular weight excluding hydrogens is 215 g/mol. The number of alkyl halides is 3. The average Bonchev–Trinajstić information content (AvgIpc) is 1.95. The number of hydrogen-bond donors (Lipinski definition) is 1. The zero-order valence-electron chi connectivity index (χ0n) is 7.75. The predicted molar refractivity (Wildman–Crippen MR) is 43.0 cm³/mol. The number of hydrogen-bond acceptors (Lipinski definition) is 2. The molecule has 1 N–H and O–H groups in total. The molecule has 0 aromatic carbocycles. The van der Waals surface area contributed by atoms with Crippen LogP contribution in [0.3, 0.4) is 0 Å². The molecule has 86 valence electrons. The number of carbonyl (C=O) groups excluding carboxylic acids is 1. The normalized spacial score (nSPS) is 17.0. The zero-order valence-corrected chi connectivity index (χ0v) is 7.75. The first-order chi connectivity index (χ1) is 6.82. The highest BCUT2D eigenvalue weighted by Gasteiger charge is 2.46. The lowest BCUT2D eigenvalue weighted by Crippen LogP contribution is -2.51. The van der Waals surface area contributed by atoms with Crippen LogP contribution in [0.1, 0.15) is 19.3 Å². The van der Waals surface area contributed by atoms with E-state index in [1.165, 1.54) is 0 Å². The summed E-state index contributed by atoms with van der Waals surface area (Å²) in [4.78, 5) is 21.6. The van der Waals surface area contributed by atoms with Crippen molar-refractivity contribution in [2.24, 2.45) is 0 Å². The molecule has 7 heteroatoms. The monoisotopic (exact) mass is 225 g/mol. The second-order valence-electron chi connectivity index (χ2n) is 3.41. The van der Waals surface area contributed by atoms with Crippen molar-refractivity contribution in [2.75, 3.05) is 6.54 Å². The molecule has 0 atom stereocenters. The van der Waals surface area contributed by atoms with Gasteiger partial charge in [-0.15, -0.1) is 0 Å². The van der Waals surface area contributed by atoms with Gasteiger partial charge in [0.2, 0.25) is 0 Å². The second-order valence-corrected chi connectivity index (χ2v) is 3.41. The Kier molecular flexibility index (Phi) is 3.21. The smallest absolute Gasteiger partial charge is 0.471 e. The molecule has 0 unspecified atom stereocenters. The van der Waals surface area contributed by atoms with Crippen LogP contribution in [0.25, 0.3) is 0 Å². The summed E-state index contributed by atoms with van der Waals surface area (Å²) in [6.07, 6.45) is -3.39. The number of halogens is 3. The molecule has 1 fully saturated rings. The zero-order chi connectivity index (χ0) is 11.6. The van der Waals surface area contributed by atoms with Gasteiger partial charge < -0.3 is 10.0 Å². The van der Waals surface area contributed by atoms with Gasteiger partial charge in [-0.2, -0.15) is 13.2 Å². The maximum Gasteiger partial charge on any atom is 0.471 e. The van der Waals surface area contributed by atoms with Crippen LogP contribution in [0.2, 0.25) is 0 Å². The summed E-state index contributed by atoms with van der Waals surface area (Å²) in [6, 6.07) is -0.574. The van der Waals surface area contributed by atoms with Gasteiger partial charge in [0.15, 0.2) is 0 Å². The van der Waals surface area contributed by atoms with Gasteiger partial charge in [-0.05, 0) is 19.3 Å². The molecule has 1 saturated carbocycles. The van der Waals surface area contributed by atoms with E-state index in [0.717, 1.165) is 6.42 Å². The van der Waals surface area contributed by atoms with E-state index in [1.807, 2.05) is 0 Å². The highest BCUT2D eigenvalue weighted by Crippen LogP contribution is 2.28. The van der Waals surface area contributed by atoms with Gasteiger partial charge in [-0.3, -0.25) is 9.59 Å². The van der Waals surface area contributed by atoms with Crippen molar-refractivity contribution in [1.29, 1.82) is 0 Å². The molecule has 1 aliphatic carbocycles. The standard InChI is InChI=1S/C8H10F3NO3/c9-8(10,11)7(15)12(4-6(13)14)5-2-1-3-5/h5H,1-4H2,(H,13,14). The first kappa shape index (κ1) is 11.8. The Morgan fingerprint density at radius 2 is 1.87 bits per heavy atom. The van der Waals surface area contributed by atoms with E-state index < -0.39 is 30.6 Å². The van der Waals surface area contributed by atoms with Gasteiger partial charge in [0, 0.05) is 6.04 Å². The molecule has 0 saturated heterocycles. The van der Waals surface area contributed by atoms with E-state index in [0.29, 0.717) is 17.7 Å². The molecule has 0 bridgehead atoms. The maximum absolute atomic E-state index is 12.1. The Hall–Kier alpha value is -1.27. The summed E-state index contributed by atoms with van der Waals surface area (Å²) in [5, 5.41) is 8.41. The van der Waals surface area contributed by atoms with Crippen molar-refractivity contribution >= 4 is 11.9 Å². The molecule has 0 radical (unpaired) electrons. The Morgan fingerprint density at radius 1 is 1.33 bits per heavy atom. The molecule has 0 spiro atoms. The molecule has 1 amide bonds. The third kappa shape index (κ3) is 2.84. The van der Waals surface area contributed by atoms with Crippen molar-refractivity contribution in [3.05, 3.63) is 0 Å². The number of carbonyl (C=O) groups is 2. The highest BCUT2D eigenvalue weighted by atomic mass is 19.4. The Bertz CT molecular complexity index is 273. The molecule has 0 heterocycles. The number of nitrogens with zero attached hydrogens (tertiary/aromatic N) is 1. The number of rotatable bonds is 3. The fourth-order valence-electron chi connectivity index (χ4n) is 1.37. The Labute approximate surface area is 83.7 Å². The van der Waals surface area contributed by atoms with Crippen LogP contribution in [0, 0.1) is 0 Å². The molecule has 15 heavy (non-hydrogen) atoms. The molecular formula is C8H10F3NO3. The summed E-state index contributed by atoms with van der Waals surface area (Å²) >= 11 is 0. The van der Waals surface area contributed by atoms with Crippen molar-refractivity contribution in [2.45, 2.75) is 31.5 Å². The molecule has 0 aromatic heterocycles. The van der Waals surface area contributed by atoms with Gasteiger partial charge in [-0.1, -0.05) is 0 Å². The summed E-state index contributed by atoms with van der Waals surface area (Å²) in [5.41, 5.74) is 0. The number of carboxylic acid groups (broad SMARTS) is 1. The van der Waals surface area contributed by atoms with Gasteiger partial charge in [0.05, 0.1) is 0 Å². The predicted octanol–water partition coefficient (Wildman–Crippen LogP) is 1.01. The quantitative estimate of drug-likeness (QED) is 0.779. The molecule has 1 rings (SSSR count). The van der Waals surface area contributed by atoms with E-state index in [1.54, 1.807) is 0 Å². The van der Waals surface area contributed by atoms with Crippen molar-refractivity contribution in [1.82, 2.24) is 4.90 Å². The van der Waals surface area contributed by atoms with Gasteiger partial charge in [0.25, 0.3) is 0 Å². The minimum Gasteiger partial charge on any atom is -0.480 e. The first-order valence-corrected chi connectivity index (χ1v) is 4.42. The van der Waals surface area contributed by atoms with Crippen LogP contribution in [0.5, 0.6) is 0 Å². The number of amides is 1. The number of carboxylic acids is 1. The lowest BCUT2D eigenvalue weighted by Gasteiger charge is -2.36. The summed E-state index contributed by atoms with van der Waals surface area (Å²) in [6.45, 7) is -0.886. The van der Waals surface area contributed by atoms with Crippen molar-refractivity contribution in [3.8, 4) is 0 Å². The van der Waals surface area contributed by atoms with E-state index in [-0.39, 0.29) is 0 Å². The molecule has 4 nitrogen and oxygen atoms in total. The largest absolute Gasteiger partial charge is 0.480 e. The molecule has 0 aliphatic heterocycles.